The second kappa shape index (κ2) is 17.1. The van der Waals surface area contributed by atoms with E-state index in [9.17, 15) is 14.2 Å². The normalized spacial score (nSPS) is 12.8. The number of hydrogen-bond acceptors (Lipinski definition) is 10. The summed E-state index contributed by atoms with van der Waals surface area (Å²) in [5, 5.41) is 35.0. The van der Waals surface area contributed by atoms with Crippen molar-refractivity contribution in [3.8, 4) is 17.0 Å². The summed E-state index contributed by atoms with van der Waals surface area (Å²) in [6, 6.07) is 10.2. The minimum Gasteiger partial charge on any atom is -0.482 e. The Morgan fingerprint density at radius 1 is 0.927 bits per heavy atom. The summed E-state index contributed by atoms with van der Waals surface area (Å²) in [6.07, 6.45) is 9.21. The van der Waals surface area contributed by atoms with Gasteiger partial charge in [0.05, 0.1) is 35.6 Å². The Hall–Kier alpha value is -5.77. The van der Waals surface area contributed by atoms with Crippen molar-refractivity contribution >= 4 is 33.2 Å². The van der Waals surface area contributed by atoms with E-state index in [-0.39, 0.29) is 5.71 Å². The molecular formula is C39H43BrF2N12O. The number of aryl methyl sites for hydroxylation is 3. The van der Waals surface area contributed by atoms with E-state index in [2.05, 4.69) is 57.2 Å². The molecule has 0 amide bonds. The molecule has 286 valence electrons. The second-order valence-electron chi connectivity index (χ2n) is 13.0. The molecule has 0 aliphatic heterocycles. The highest BCUT2D eigenvalue weighted by molar-refractivity contribution is 9.10. The Morgan fingerprint density at radius 3 is 2.33 bits per heavy atom. The van der Waals surface area contributed by atoms with Gasteiger partial charge < -0.3 is 15.5 Å². The molecule has 0 bridgehead atoms. The largest absolute Gasteiger partial charge is 0.482 e. The van der Waals surface area contributed by atoms with Crippen molar-refractivity contribution < 1.29 is 13.5 Å². The molecule has 0 spiro atoms. The first-order valence-electron chi connectivity index (χ1n) is 17.9. The predicted octanol–water partition coefficient (Wildman–Crippen LogP) is 7.44. The van der Waals surface area contributed by atoms with E-state index in [1.165, 1.54) is 29.1 Å². The van der Waals surface area contributed by atoms with Gasteiger partial charge in [0.25, 0.3) is 0 Å². The van der Waals surface area contributed by atoms with Gasteiger partial charge in [-0.15, -0.1) is 0 Å². The Balaban J connectivity index is 1.28. The van der Waals surface area contributed by atoms with Gasteiger partial charge in [-0.25, -0.2) is 13.8 Å². The molecule has 6 rings (SSSR count). The third-order valence-electron chi connectivity index (χ3n) is 9.02. The first-order chi connectivity index (χ1) is 26.5. The monoisotopic (exact) mass is 812 g/mol. The van der Waals surface area contributed by atoms with Crippen molar-refractivity contribution in [1.29, 1.82) is 5.41 Å². The summed E-state index contributed by atoms with van der Waals surface area (Å²) < 4.78 is 40.6. The highest BCUT2D eigenvalue weighted by Crippen LogP contribution is 2.37. The van der Waals surface area contributed by atoms with Crippen LogP contribution in [0.4, 0.5) is 14.6 Å². The smallest absolute Gasteiger partial charge is 0.169 e. The number of rotatable bonds is 16. The molecule has 2 atom stereocenters. The number of nitrogens with zero attached hydrogens (tertiary/aromatic N) is 9. The van der Waals surface area contributed by atoms with Crippen LogP contribution in [0.15, 0.2) is 83.0 Å². The Morgan fingerprint density at radius 2 is 1.62 bits per heavy atom. The molecule has 0 saturated carbocycles. The van der Waals surface area contributed by atoms with Crippen LogP contribution in [0.2, 0.25) is 0 Å². The van der Waals surface area contributed by atoms with Crippen LogP contribution < -0.4 is 15.5 Å². The van der Waals surface area contributed by atoms with Crippen molar-refractivity contribution in [2.75, 3.05) is 12.4 Å². The number of anilines is 1. The molecular weight excluding hydrogens is 770 g/mol. The van der Waals surface area contributed by atoms with Gasteiger partial charge in [-0.3, -0.25) is 14.8 Å². The zero-order valence-electron chi connectivity index (χ0n) is 31.5. The molecule has 13 nitrogen and oxygen atoms in total. The lowest BCUT2D eigenvalue weighted by Crippen LogP contribution is -2.23. The summed E-state index contributed by atoms with van der Waals surface area (Å²) in [6.45, 7) is 9.20. The van der Waals surface area contributed by atoms with E-state index in [1.807, 2.05) is 51.0 Å². The van der Waals surface area contributed by atoms with Gasteiger partial charge in [-0.2, -0.15) is 30.3 Å². The maximum Gasteiger partial charge on any atom is 0.169 e. The molecule has 4 heterocycles. The van der Waals surface area contributed by atoms with Crippen molar-refractivity contribution in [3.63, 3.8) is 0 Å². The summed E-state index contributed by atoms with van der Waals surface area (Å²) >= 11 is 3.52. The summed E-state index contributed by atoms with van der Waals surface area (Å²) in [4.78, 5) is 6.13. The Labute approximate surface area is 326 Å². The van der Waals surface area contributed by atoms with E-state index in [4.69, 9.17) is 4.74 Å². The van der Waals surface area contributed by atoms with Gasteiger partial charge >= 0.3 is 0 Å². The third-order valence-corrected chi connectivity index (χ3v) is 9.45. The molecule has 0 saturated heterocycles. The Bertz CT molecular complexity index is 2330. The average molecular weight is 814 g/mol. The molecule has 55 heavy (non-hydrogen) atoms. The highest BCUT2D eigenvalue weighted by Gasteiger charge is 2.24. The number of benzene rings is 2. The topological polar surface area (TPSA) is 149 Å². The van der Waals surface area contributed by atoms with Gasteiger partial charge in [0.2, 0.25) is 0 Å². The lowest BCUT2D eigenvalue weighted by molar-refractivity contribution is 0.227. The first kappa shape index (κ1) is 38.9. The van der Waals surface area contributed by atoms with Crippen molar-refractivity contribution in [2.24, 2.45) is 12.1 Å². The van der Waals surface area contributed by atoms with E-state index in [0.29, 0.717) is 69.1 Å². The van der Waals surface area contributed by atoms with Crippen LogP contribution >= 0.6 is 15.9 Å². The SMILES string of the molecule is CCn1cc(C/C(=N/NC)C(=N)c2cc(F)ccc2C(C)Nc2ncc(Br)cc2OC(C)c2cc(F)ccc2-c2nn(C)nc2Cc2cnn(CC)c2)cn1. The van der Waals surface area contributed by atoms with Crippen molar-refractivity contribution in [3.05, 3.63) is 123 Å². The van der Waals surface area contributed by atoms with Gasteiger partial charge in [-0.05, 0) is 96.7 Å². The first-order valence-corrected chi connectivity index (χ1v) is 18.7. The number of hydrazone groups is 1. The maximum absolute atomic E-state index is 14.9. The molecule has 0 aliphatic rings. The molecule has 2 unspecified atom stereocenters. The van der Waals surface area contributed by atoms with Crippen LogP contribution in [-0.2, 0) is 33.0 Å². The highest BCUT2D eigenvalue weighted by atomic mass is 79.9. The van der Waals surface area contributed by atoms with E-state index < -0.39 is 23.8 Å². The number of aromatic nitrogens is 8. The molecule has 6 aromatic rings. The van der Waals surface area contributed by atoms with Crippen molar-refractivity contribution in [2.45, 2.75) is 65.8 Å². The van der Waals surface area contributed by atoms with E-state index >= 15 is 0 Å². The number of hydrogen-bond donors (Lipinski definition) is 3. The molecule has 3 N–H and O–H groups in total. The fourth-order valence-corrected chi connectivity index (χ4v) is 6.65. The Kier molecular flexibility index (Phi) is 12.1. The summed E-state index contributed by atoms with van der Waals surface area (Å²) in [5.74, 6) is -0.119. The van der Waals surface area contributed by atoms with Crippen LogP contribution in [0.5, 0.6) is 5.75 Å². The third kappa shape index (κ3) is 9.13. The van der Waals surface area contributed by atoms with E-state index in [1.54, 1.807) is 49.4 Å². The van der Waals surface area contributed by atoms with Crippen LogP contribution in [0.25, 0.3) is 11.3 Å². The van der Waals surface area contributed by atoms with Gasteiger partial charge in [0.1, 0.15) is 23.4 Å². The van der Waals surface area contributed by atoms with Gasteiger partial charge in [0.15, 0.2) is 11.6 Å². The number of pyridine rings is 1. The summed E-state index contributed by atoms with van der Waals surface area (Å²) in [5.41, 5.74) is 8.74. The molecule has 16 heteroatoms. The van der Waals surface area contributed by atoms with Gasteiger partial charge in [0, 0.05) is 79.8 Å². The minimum atomic E-state index is -0.665. The molecule has 4 aromatic heterocycles. The lowest BCUT2D eigenvalue weighted by Gasteiger charge is -2.23. The lowest BCUT2D eigenvalue weighted by atomic mass is 9.93. The van der Waals surface area contributed by atoms with Crippen LogP contribution in [0.1, 0.15) is 73.4 Å². The number of halogens is 3. The second-order valence-corrected chi connectivity index (χ2v) is 13.9. The van der Waals surface area contributed by atoms with Crippen LogP contribution in [-0.4, -0.2) is 58.0 Å². The molecule has 0 radical (unpaired) electrons. The van der Waals surface area contributed by atoms with Crippen LogP contribution in [0.3, 0.4) is 0 Å². The maximum atomic E-state index is 14.9. The fourth-order valence-electron chi connectivity index (χ4n) is 6.34. The minimum absolute atomic E-state index is 0.0665. The number of ether oxygens (including phenoxy) is 1. The molecule has 0 fully saturated rings. The van der Waals surface area contributed by atoms with Gasteiger partial charge in [-0.1, -0.05) is 6.07 Å². The quantitative estimate of drug-likeness (QED) is 0.0675. The zero-order valence-corrected chi connectivity index (χ0v) is 33.1. The average Bonchev–Trinajstić information content (AvgIpc) is 3.92. The summed E-state index contributed by atoms with van der Waals surface area (Å²) in [7, 11) is 3.41. The number of nitrogens with one attached hydrogen (secondary N) is 3. The fraction of sp³-hybridized carbons (Fsp3) is 0.308. The molecule has 2 aromatic carbocycles. The standard InChI is InChI=1S/C39H43BrF2N12O/c1-7-53-21-25(18-46-53)13-34(49-44-5)37(43)33-17-29(42)9-11-30(33)23(3)48-39-36(15-27(40)20-45-39)55-24(4)32-16-28(41)10-12-31(32)38-35(50-52(6)51-38)14-26-19-47-54(8-2)22-26/h9-12,15-24,43-44H,7-8,13-14H2,1-6H3,(H,45,48)/b43-37?,49-34-. The zero-order chi connectivity index (χ0) is 39.2. The predicted molar refractivity (Wildman–Crippen MR) is 211 cm³/mol. The van der Waals surface area contributed by atoms with E-state index in [0.717, 1.165) is 23.4 Å². The molecule has 0 aliphatic carbocycles. The van der Waals surface area contributed by atoms with Crippen LogP contribution in [0, 0.1) is 17.0 Å². The van der Waals surface area contributed by atoms with Crippen molar-refractivity contribution in [1.82, 2.24) is 45.0 Å².